The molecule has 2 aromatic heterocycles. The number of Topliss-reactive ketones (excluding diaryl/α,β-unsaturated/α-hetero) is 1. The van der Waals surface area contributed by atoms with Crippen LogP contribution in [0.1, 0.15) is 43.1 Å². The monoisotopic (exact) mass is 407 g/mol. The third-order valence-electron chi connectivity index (χ3n) is 4.70. The van der Waals surface area contributed by atoms with E-state index < -0.39 is 0 Å². The molecule has 148 valence electrons. The minimum Gasteiger partial charge on any atom is -0.325 e. The number of benzene rings is 1. The second kappa shape index (κ2) is 8.16. The highest BCUT2D eigenvalue weighted by molar-refractivity contribution is 8.00. The van der Waals surface area contributed by atoms with Crippen molar-refractivity contribution < 1.29 is 9.59 Å². The van der Waals surface area contributed by atoms with E-state index in [1.807, 2.05) is 19.1 Å². The molecule has 0 unspecified atom stereocenters. The number of anilines is 1. The molecule has 1 aliphatic carbocycles. The van der Waals surface area contributed by atoms with Gasteiger partial charge in [-0.25, -0.2) is 0 Å². The lowest BCUT2D eigenvalue weighted by Crippen LogP contribution is -2.23. The SMILES string of the molecule is CC(=O)c1cccc(NC(=O)[C@H](C)Sc2nnc(-c3ccncc3)n2C2CC2)c1. The Hall–Kier alpha value is -3.00. The molecule has 29 heavy (non-hydrogen) atoms. The van der Waals surface area contributed by atoms with Gasteiger partial charge in [0.15, 0.2) is 16.8 Å². The Kier molecular flexibility index (Phi) is 5.44. The second-order valence-corrected chi connectivity index (χ2v) is 8.34. The van der Waals surface area contributed by atoms with Crippen LogP contribution in [0.15, 0.2) is 53.9 Å². The first-order chi connectivity index (χ1) is 14.0. The van der Waals surface area contributed by atoms with Crippen molar-refractivity contribution in [2.45, 2.75) is 43.1 Å². The zero-order valence-corrected chi connectivity index (χ0v) is 17.0. The Morgan fingerprint density at radius 2 is 1.93 bits per heavy atom. The molecule has 0 bridgehead atoms. The fourth-order valence-electron chi connectivity index (χ4n) is 2.99. The minimum atomic E-state index is -0.372. The highest BCUT2D eigenvalue weighted by Gasteiger charge is 2.31. The van der Waals surface area contributed by atoms with Crippen LogP contribution in [0, 0.1) is 0 Å². The molecule has 7 nitrogen and oxygen atoms in total. The average molecular weight is 407 g/mol. The van der Waals surface area contributed by atoms with Gasteiger partial charge < -0.3 is 5.32 Å². The molecular formula is C21H21N5O2S. The Balaban J connectivity index is 1.50. The van der Waals surface area contributed by atoms with E-state index in [1.165, 1.54) is 18.7 Å². The first-order valence-corrected chi connectivity index (χ1v) is 10.3. The molecule has 1 aromatic carbocycles. The van der Waals surface area contributed by atoms with E-state index >= 15 is 0 Å². The minimum absolute atomic E-state index is 0.0373. The molecule has 0 saturated heterocycles. The highest BCUT2D eigenvalue weighted by atomic mass is 32.2. The van der Waals surface area contributed by atoms with Crippen molar-refractivity contribution in [1.82, 2.24) is 19.7 Å². The Morgan fingerprint density at radius 3 is 2.62 bits per heavy atom. The van der Waals surface area contributed by atoms with Gasteiger partial charge in [0.1, 0.15) is 0 Å². The smallest absolute Gasteiger partial charge is 0.237 e. The number of carbonyl (C=O) groups excluding carboxylic acids is 2. The maximum Gasteiger partial charge on any atom is 0.237 e. The predicted molar refractivity (Wildman–Crippen MR) is 112 cm³/mol. The van der Waals surface area contributed by atoms with Gasteiger partial charge in [-0.2, -0.15) is 0 Å². The van der Waals surface area contributed by atoms with Crippen molar-refractivity contribution in [3.8, 4) is 11.4 Å². The van der Waals surface area contributed by atoms with E-state index in [-0.39, 0.29) is 16.9 Å². The Bertz CT molecular complexity index is 1050. The van der Waals surface area contributed by atoms with Gasteiger partial charge in [0.25, 0.3) is 0 Å². The molecular weight excluding hydrogens is 386 g/mol. The lowest BCUT2D eigenvalue weighted by Gasteiger charge is -2.13. The van der Waals surface area contributed by atoms with Crippen LogP contribution in [-0.2, 0) is 4.79 Å². The number of ketones is 1. The number of hydrogen-bond donors (Lipinski definition) is 1. The molecule has 1 atom stereocenters. The highest BCUT2D eigenvalue weighted by Crippen LogP contribution is 2.41. The summed E-state index contributed by atoms with van der Waals surface area (Å²) in [5, 5.41) is 12.0. The third kappa shape index (κ3) is 4.37. The fourth-order valence-corrected chi connectivity index (χ4v) is 3.91. The number of aromatic nitrogens is 4. The number of nitrogens with one attached hydrogen (secondary N) is 1. The molecule has 1 amide bonds. The van der Waals surface area contributed by atoms with E-state index in [2.05, 4.69) is 25.1 Å². The molecule has 1 N–H and O–H groups in total. The van der Waals surface area contributed by atoms with Crippen LogP contribution in [0.4, 0.5) is 5.69 Å². The van der Waals surface area contributed by atoms with E-state index in [1.54, 1.807) is 36.7 Å². The molecule has 0 spiro atoms. The van der Waals surface area contributed by atoms with Crippen molar-refractivity contribution in [2.75, 3.05) is 5.32 Å². The van der Waals surface area contributed by atoms with Gasteiger partial charge in [0.05, 0.1) is 5.25 Å². The lowest BCUT2D eigenvalue weighted by molar-refractivity contribution is -0.115. The Morgan fingerprint density at radius 1 is 1.17 bits per heavy atom. The van der Waals surface area contributed by atoms with Gasteiger partial charge in [-0.3, -0.25) is 19.1 Å². The molecule has 1 saturated carbocycles. The van der Waals surface area contributed by atoms with E-state index in [4.69, 9.17) is 0 Å². The molecule has 8 heteroatoms. The molecule has 0 aliphatic heterocycles. The van der Waals surface area contributed by atoms with Crippen molar-refractivity contribution in [1.29, 1.82) is 0 Å². The number of carbonyl (C=O) groups is 2. The maximum absolute atomic E-state index is 12.7. The van der Waals surface area contributed by atoms with Crippen molar-refractivity contribution in [3.63, 3.8) is 0 Å². The third-order valence-corrected chi connectivity index (χ3v) is 5.76. The Labute approximate surface area is 173 Å². The summed E-state index contributed by atoms with van der Waals surface area (Å²) in [6.45, 7) is 3.34. The first-order valence-electron chi connectivity index (χ1n) is 9.47. The van der Waals surface area contributed by atoms with E-state index in [0.717, 1.165) is 29.4 Å². The zero-order valence-electron chi connectivity index (χ0n) is 16.2. The standard InChI is InChI=1S/C21H21N5O2S/c1-13(27)16-4-3-5-17(12-16)23-20(28)14(2)29-21-25-24-19(26(21)18-6-7-18)15-8-10-22-11-9-15/h3-5,8-12,14,18H,6-7H2,1-2H3,(H,23,28)/t14-/m0/s1. The molecule has 1 fully saturated rings. The summed E-state index contributed by atoms with van der Waals surface area (Å²) >= 11 is 1.39. The van der Waals surface area contributed by atoms with Crippen molar-refractivity contribution >= 4 is 29.1 Å². The van der Waals surface area contributed by atoms with Crippen LogP contribution in [0.2, 0.25) is 0 Å². The molecule has 2 heterocycles. The van der Waals surface area contributed by atoms with Crippen LogP contribution in [0.25, 0.3) is 11.4 Å². The van der Waals surface area contributed by atoms with Gasteiger partial charge in [0.2, 0.25) is 5.91 Å². The predicted octanol–water partition coefficient (Wildman–Crippen LogP) is 4.00. The summed E-state index contributed by atoms with van der Waals surface area (Å²) < 4.78 is 2.13. The van der Waals surface area contributed by atoms with Crippen LogP contribution >= 0.6 is 11.8 Å². The topological polar surface area (TPSA) is 89.8 Å². The fraction of sp³-hybridized carbons (Fsp3) is 0.286. The zero-order chi connectivity index (χ0) is 20.4. The van der Waals surface area contributed by atoms with Crippen LogP contribution < -0.4 is 5.32 Å². The van der Waals surface area contributed by atoms with Gasteiger partial charge in [-0.05, 0) is 51.0 Å². The quantitative estimate of drug-likeness (QED) is 0.470. The van der Waals surface area contributed by atoms with Crippen LogP contribution in [0.5, 0.6) is 0 Å². The van der Waals surface area contributed by atoms with Gasteiger partial charge in [0, 0.05) is 35.2 Å². The first kappa shape index (κ1) is 19.3. The maximum atomic E-state index is 12.7. The molecule has 1 aliphatic rings. The van der Waals surface area contributed by atoms with Gasteiger partial charge in [-0.15, -0.1) is 10.2 Å². The second-order valence-electron chi connectivity index (χ2n) is 7.03. The lowest BCUT2D eigenvalue weighted by atomic mass is 10.1. The number of amides is 1. The van der Waals surface area contributed by atoms with Crippen molar-refractivity contribution in [2.24, 2.45) is 0 Å². The van der Waals surface area contributed by atoms with Crippen molar-refractivity contribution in [3.05, 3.63) is 54.4 Å². The molecule has 3 aromatic rings. The number of pyridine rings is 1. The number of rotatable bonds is 7. The molecule has 4 rings (SSSR count). The number of hydrogen-bond acceptors (Lipinski definition) is 6. The van der Waals surface area contributed by atoms with Crippen LogP contribution in [-0.4, -0.2) is 36.7 Å². The normalized spacial score (nSPS) is 14.4. The summed E-state index contributed by atoms with van der Waals surface area (Å²) in [6, 6.07) is 11.1. The number of nitrogens with zero attached hydrogens (tertiary/aromatic N) is 4. The number of thioether (sulfide) groups is 1. The van der Waals surface area contributed by atoms with Gasteiger partial charge in [-0.1, -0.05) is 23.9 Å². The van der Waals surface area contributed by atoms with Gasteiger partial charge >= 0.3 is 0 Å². The summed E-state index contributed by atoms with van der Waals surface area (Å²) in [5.74, 6) is 0.621. The largest absolute Gasteiger partial charge is 0.325 e. The summed E-state index contributed by atoms with van der Waals surface area (Å²) in [4.78, 5) is 28.3. The van der Waals surface area contributed by atoms with Crippen LogP contribution in [0.3, 0.4) is 0 Å². The van der Waals surface area contributed by atoms with E-state index in [9.17, 15) is 9.59 Å². The molecule has 0 radical (unpaired) electrons. The average Bonchev–Trinajstić information content (AvgIpc) is 3.48. The summed E-state index contributed by atoms with van der Waals surface area (Å²) in [7, 11) is 0. The van der Waals surface area contributed by atoms with E-state index in [0.29, 0.717) is 17.3 Å². The summed E-state index contributed by atoms with van der Waals surface area (Å²) in [5.41, 5.74) is 2.14. The summed E-state index contributed by atoms with van der Waals surface area (Å²) in [6.07, 6.45) is 5.64.